The van der Waals surface area contributed by atoms with Crippen molar-refractivity contribution in [1.29, 1.82) is 0 Å². The highest BCUT2D eigenvalue weighted by atomic mass is 31.2. The Bertz CT molecular complexity index is 973. The van der Waals surface area contributed by atoms with E-state index >= 15 is 0 Å². The van der Waals surface area contributed by atoms with Crippen molar-refractivity contribution in [2.24, 2.45) is 5.73 Å². The number of carbonyl (C=O) groups is 1. The van der Waals surface area contributed by atoms with Crippen molar-refractivity contribution >= 4 is 13.7 Å². The van der Waals surface area contributed by atoms with Crippen LogP contribution in [-0.2, 0) is 18.4 Å². The average Bonchev–Trinajstić information content (AvgIpc) is 3.29. The third-order valence-electron chi connectivity index (χ3n) is 13.5. The van der Waals surface area contributed by atoms with E-state index in [-0.39, 0.29) is 25.7 Å². The summed E-state index contributed by atoms with van der Waals surface area (Å²) >= 11 is 0. The molecule has 64 heavy (non-hydrogen) atoms. The number of aliphatic hydroxyl groups is 1. The van der Waals surface area contributed by atoms with Crippen LogP contribution in [0.4, 0.5) is 0 Å². The van der Waals surface area contributed by atoms with Gasteiger partial charge < -0.3 is 21.1 Å². The van der Waals surface area contributed by atoms with Gasteiger partial charge in [0.1, 0.15) is 0 Å². The minimum Gasteiger partial charge on any atom is -0.391 e. The molecule has 0 heterocycles. The molecule has 1 unspecified atom stereocenters. The van der Waals surface area contributed by atoms with Crippen LogP contribution in [0.2, 0.25) is 0 Å². The van der Waals surface area contributed by atoms with E-state index in [9.17, 15) is 19.4 Å². The van der Waals surface area contributed by atoms with E-state index < -0.39 is 20.0 Å². The summed E-state index contributed by atoms with van der Waals surface area (Å²) in [5, 5.41) is 13.9. The van der Waals surface area contributed by atoms with Gasteiger partial charge in [-0.05, 0) is 12.8 Å². The van der Waals surface area contributed by atoms with E-state index in [1.165, 1.54) is 250 Å². The predicted molar refractivity (Wildman–Crippen MR) is 277 cm³/mol. The number of unbranched alkanes of at least 4 members (excludes halogenated alkanes) is 43. The first-order valence-corrected chi connectivity index (χ1v) is 30.1. The van der Waals surface area contributed by atoms with Crippen LogP contribution < -0.4 is 11.1 Å². The Kier molecular flexibility index (Phi) is 51.5. The number of hydrogen-bond acceptors (Lipinski definition) is 6. The van der Waals surface area contributed by atoms with Gasteiger partial charge in [-0.3, -0.25) is 13.8 Å². The van der Waals surface area contributed by atoms with Gasteiger partial charge in [0.25, 0.3) is 0 Å². The second-order valence-electron chi connectivity index (χ2n) is 19.9. The number of hydrogen-bond donors (Lipinski definition) is 4. The summed E-state index contributed by atoms with van der Waals surface area (Å²) in [5.74, 6) is -0.153. The monoisotopic (exact) mass is 929 g/mol. The Balaban J connectivity index is 3.80. The zero-order chi connectivity index (χ0) is 46.7. The van der Waals surface area contributed by atoms with Crippen LogP contribution in [0.1, 0.15) is 316 Å². The summed E-state index contributed by atoms with van der Waals surface area (Å²) in [6, 6.07) is -0.769. The molecule has 9 heteroatoms. The number of aliphatic hydroxyl groups excluding tert-OH is 1. The largest absolute Gasteiger partial charge is 0.472 e. The van der Waals surface area contributed by atoms with Gasteiger partial charge in [-0.2, -0.15) is 0 Å². The fourth-order valence-corrected chi connectivity index (χ4v) is 9.90. The summed E-state index contributed by atoms with van der Waals surface area (Å²) < 4.78 is 22.3. The molecular formula is C55H113N2O6P. The van der Waals surface area contributed by atoms with Crippen LogP contribution in [0.15, 0.2) is 0 Å². The second kappa shape index (κ2) is 51.9. The Morgan fingerprint density at radius 3 is 1.00 bits per heavy atom. The zero-order valence-corrected chi connectivity index (χ0v) is 44.0. The number of carbonyl (C=O) groups excluding carboxylic acids is 1. The van der Waals surface area contributed by atoms with E-state index in [0.717, 1.165) is 38.5 Å². The maximum atomic E-state index is 12.9. The molecule has 3 atom stereocenters. The molecule has 0 aromatic rings. The molecule has 0 radical (unpaired) electrons. The van der Waals surface area contributed by atoms with Crippen molar-refractivity contribution in [3.8, 4) is 0 Å². The van der Waals surface area contributed by atoms with E-state index in [0.29, 0.717) is 12.8 Å². The van der Waals surface area contributed by atoms with Crippen LogP contribution >= 0.6 is 7.82 Å². The van der Waals surface area contributed by atoms with Crippen molar-refractivity contribution in [3.05, 3.63) is 0 Å². The Labute approximate surface area is 399 Å². The molecule has 0 aromatic heterocycles. The highest BCUT2D eigenvalue weighted by Gasteiger charge is 2.27. The first-order chi connectivity index (χ1) is 31.4. The third kappa shape index (κ3) is 49.4. The molecule has 384 valence electrons. The van der Waals surface area contributed by atoms with E-state index in [2.05, 4.69) is 19.2 Å². The molecule has 8 nitrogen and oxygen atoms in total. The van der Waals surface area contributed by atoms with Crippen LogP contribution in [0.5, 0.6) is 0 Å². The molecule has 0 fully saturated rings. The summed E-state index contributed by atoms with van der Waals surface area (Å²) in [7, 11) is -4.32. The van der Waals surface area contributed by atoms with E-state index in [4.69, 9.17) is 14.8 Å². The van der Waals surface area contributed by atoms with Crippen molar-refractivity contribution in [2.45, 2.75) is 328 Å². The lowest BCUT2D eigenvalue weighted by molar-refractivity contribution is -0.123. The highest BCUT2D eigenvalue weighted by molar-refractivity contribution is 7.47. The van der Waals surface area contributed by atoms with Gasteiger partial charge in [-0.25, -0.2) is 4.57 Å². The van der Waals surface area contributed by atoms with Crippen molar-refractivity contribution in [2.75, 3.05) is 19.8 Å². The molecule has 0 spiro atoms. The van der Waals surface area contributed by atoms with Gasteiger partial charge in [0.05, 0.1) is 25.4 Å². The Morgan fingerprint density at radius 2 is 0.719 bits per heavy atom. The molecule has 0 aliphatic rings. The topological polar surface area (TPSA) is 131 Å². The summed E-state index contributed by atoms with van der Waals surface area (Å²) in [5.41, 5.74) is 5.40. The maximum Gasteiger partial charge on any atom is 0.472 e. The average molecular weight is 929 g/mol. The number of phosphoric ester groups is 1. The number of amides is 1. The molecule has 0 aliphatic heterocycles. The molecule has 0 saturated carbocycles. The Morgan fingerprint density at radius 1 is 0.453 bits per heavy atom. The smallest absolute Gasteiger partial charge is 0.391 e. The summed E-state index contributed by atoms with van der Waals surface area (Å²) in [4.78, 5) is 22.9. The molecule has 5 N–H and O–H groups in total. The molecule has 1 amide bonds. The predicted octanol–water partition coefficient (Wildman–Crippen LogP) is 17.3. The zero-order valence-electron chi connectivity index (χ0n) is 43.1. The first-order valence-electron chi connectivity index (χ1n) is 28.7. The summed E-state index contributed by atoms with van der Waals surface area (Å²) in [6.45, 7) is 4.26. The number of phosphoric acid groups is 1. The van der Waals surface area contributed by atoms with Gasteiger partial charge in [0.15, 0.2) is 0 Å². The van der Waals surface area contributed by atoms with Gasteiger partial charge >= 0.3 is 7.82 Å². The van der Waals surface area contributed by atoms with Crippen molar-refractivity contribution in [3.63, 3.8) is 0 Å². The van der Waals surface area contributed by atoms with Crippen LogP contribution in [-0.4, -0.2) is 47.8 Å². The van der Waals surface area contributed by atoms with Gasteiger partial charge in [0.2, 0.25) is 5.91 Å². The van der Waals surface area contributed by atoms with E-state index in [1.807, 2.05) is 0 Å². The lowest BCUT2D eigenvalue weighted by atomic mass is 10.0. The molecule has 0 aromatic carbocycles. The lowest BCUT2D eigenvalue weighted by Gasteiger charge is -2.25. The molecule has 0 aliphatic carbocycles. The van der Waals surface area contributed by atoms with Crippen LogP contribution in [0, 0.1) is 0 Å². The first kappa shape index (κ1) is 63.5. The summed E-state index contributed by atoms with van der Waals surface area (Å²) in [6.07, 6.45) is 60.2. The lowest BCUT2D eigenvalue weighted by Crippen LogP contribution is -2.46. The maximum absolute atomic E-state index is 12.9. The minimum absolute atomic E-state index is 0.0928. The van der Waals surface area contributed by atoms with Crippen molar-refractivity contribution in [1.82, 2.24) is 5.32 Å². The fourth-order valence-electron chi connectivity index (χ4n) is 9.14. The fraction of sp³-hybridized carbons (Fsp3) is 0.982. The van der Waals surface area contributed by atoms with Gasteiger partial charge in [-0.15, -0.1) is 0 Å². The number of nitrogens with one attached hydrogen (secondary N) is 1. The number of rotatable bonds is 55. The van der Waals surface area contributed by atoms with Crippen molar-refractivity contribution < 1.29 is 28.4 Å². The van der Waals surface area contributed by atoms with Gasteiger partial charge in [-0.1, -0.05) is 296 Å². The third-order valence-corrected chi connectivity index (χ3v) is 14.4. The van der Waals surface area contributed by atoms with E-state index in [1.54, 1.807) is 0 Å². The Hall–Kier alpha value is -0.500. The number of nitrogens with two attached hydrogens (primary N) is 1. The standard InChI is InChI=1S/C55H113N2O6P/c1-3-5-7-9-11-13-15-17-19-20-21-22-23-24-25-26-27-28-29-30-31-32-33-34-35-37-39-41-43-45-47-49-55(59)57-53(52-63-64(60,61)62-51-50-56)54(58)48-46-44-42-40-38-36-18-16-14-12-10-8-6-4-2/h53-54,58H,3-52,56H2,1-2H3,(H,57,59)(H,60,61)/t53-,54+/m0/s1. The highest BCUT2D eigenvalue weighted by Crippen LogP contribution is 2.43. The molecule has 0 saturated heterocycles. The second-order valence-corrected chi connectivity index (χ2v) is 21.3. The van der Waals surface area contributed by atoms with Gasteiger partial charge in [0, 0.05) is 13.0 Å². The molecule has 0 rings (SSSR count). The quantitative estimate of drug-likeness (QED) is 0.0353. The molecule has 0 bridgehead atoms. The minimum atomic E-state index is -4.32. The van der Waals surface area contributed by atoms with Crippen LogP contribution in [0.25, 0.3) is 0 Å². The normalized spacial score (nSPS) is 13.6. The van der Waals surface area contributed by atoms with Crippen LogP contribution in [0.3, 0.4) is 0 Å². The SMILES string of the molecule is CCCCCCCCCCCCCCCCCCCCCCCCCCCCCCCCCC(=O)N[C@@H](COP(=O)(O)OCCN)[C@H](O)CCCCCCCCCCCCCCCC. The molecular weight excluding hydrogens is 816 g/mol.